The van der Waals surface area contributed by atoms with E-state index in [1.165, 1.54) is 12.1 Å². The van der Waals surface area contributed by atoms with Gasteiger partial charge in [0.25, 0.3) is 5.91 Å². The molecular formula is C14H14FN5O. The zero-order valence-electron chi connectivity index (χ0n) is 11.9. The van der Waals surface area contributed by atoms with Gasteiger partial charge >= 0.3 is 0 Å². The van der Waals surface area contributed by atoms with Crippen molar-refractivity contribution in [2.45, 2.75) is 26.2 Å². The van der Waals surface area contributed by atoms with E-state index >= 15 is 0 Å². The van der Waals surface area contributed by atoms with E-state index in [1.807, 2.05) is 20.8 Å². The maximum Gasteiger partial charge on any atom is 0.295 e. The highest BCUT2D eigenvalue weighted by molar-refractivity contribution is 6.02. The van der Waals surface area contributed by atoms with Crippen LogP contribution in [0.4, 0.5) is 10.1 Å². The van der Waals surface area contributed by atoms with Crippen molar-refractivity contribution in [3.63, 3.8) is 0 Å². The SMILES string of the molecule is CC(C)(C)c1nc(C(=O)Nc2cccc(F)c2C#N)n[nH]1. The first kappa shape index (κ1) is 14.7. The Hall–Kier alpha value is -2.75. The maximum absolute atomic E-state index is 13.5. The number of carbonyl (C=O) groups is 1. The van der Waals surface area contributed by atoms with Crippen molar-refractivity contribution in [3.05, 3.63) is 41.2 Å². The number of nitrogens with zero attached hydrogens (tertiary/aromatic N) is 3. The van der Waals surface area contributed by atoms with Crippen LogP contribution in [0.3, 0.4) is 0 Å². The molecule has 2 N–H and O–H groups in total. The Bertz CT molecular complexity index is 724. The number of nitriles is 1. The quantitative estimate of drug-likeness (QED) is 0.886. The summed E-state index contributed by atoms with van der Waals surface area (Å²) in [6.07, 6.45) is 0. The monoisotopic (exact) mass is 287 g/mol. The molecule has 0 aliphatic carbocycles. The van der Waals surface area contributed by atoms with Crippen LogP contribution in [0.25, 0.3) is 0 Å². The number of benzene rings is 1. The molecule has 0 aliphatic heterocycles. The number of carbonyl (C=O) groups excluding carboxylic acids is 1. The number of H-pyrrole nitrogens is 1. The number of rotatable bonds is 2. The van der Waals surface area contributed by atoms with Gasteiger partial charge in [-0.25, -0.2) is 9.37 Å². The summed E-state index contributed by atoms with van der Waals surface area (Å²) >= 11 is 0. The van der Waals surface area contributed by atoms with Crippen LogP contribution in [-0.4, -0.2) is 21.1 Å². The first-order chi connectivity index (χ1) is 9.82. The minimum Gasteiger partial charge on any atom is -0.318 e. The van der Waals surface area contributed by atoms with Crippen LogP contribution in [0.5, 0.6) is 0 Å². The molecule has 0 atom stereocenters. The van der Waals surface area contributed by atoms with Crippen LogP contribution in [0, 0.1) is 17.1 Å². The Morgan fingerprint density at radius 2 is 2.14 bits per heavy atom. The predicted molar refractivity (Wildman–Crippen MR) is 74.2 cm³/mol. The number of nitrogens with one attached hydrogen (secondary N) is 2. The minimum absolute atomic E-state index is 0.0620. The van der Waals surface area contributed by atoms with E-state index in [9.17, 15) is 9.18 Å². The molecule has 1 aromatic carbocycles. The molecule has 21 heavy (non-hydrogen) atoms. The normalized spacial score (nSPS) is 11.0. The molecule has 1 amide bonds. The van der Waals surface area contributed by atoms with Gasteiger partial charge in [0.2, 0.25) is 5.82 Å². The third-order valence-corrected chi connectivity index (χ3v) is 2.77. The lowest BCUT2D eigenvalue weighted by molar-refractivity contribution is 0.101. The van der Waals surface area contributed by atoms with Gasteiger partial charge in [0.1, 0.15) is 23.3 Å². The second-order valence-electron chi connectivity index (χ2n) is 5.49. The lowest BCUT2D eigenvalue weighted by Crippen LogP contribution is -2.16. The van der Waals surface area contributed by atoms with Gasteiger partial charge in [0.05, 0.1) is 5.69 Å². The largest absolute Gasteiger partial charge is 0.318 e. The number of anilines is 1. The van der Waals surface area contributed by atoms with Crippen molar-refractivity contribution in [1.82, 2.24) is 15.2 Å². The Kier molecular flexibility index (Phi) is 3.72. The lowest BCUT2D eigenvalue weighted by atomic mass is 9.96. The summed E-state index contributed by atoms with van der Waals surface area (Å²) in [4.78, 5) is 16.1. The summed E-state index contributed by atoms with van der Waals surface area (Å²) in [5, 5.41) is 17.9. The molecule has 108 valence electrons. The van der Waals surface area contributed by atoms with E-state index in [4.69, 9.17) is 5.26 Å². The molecule has 2 rings (SSSR count). The summed E-state index contributed by atoms with van der Waals surface area (Å²) in [5.74, 6) is -0.801. The molecule has 0 radical (unpaired) electrons. The Balaban J connectivity index is 2.25. The van der Waals surface area contributed by atoms with Crippen LogP contribution >= 0.6 is 0 Å². The van der Waals surface area contributed by atoms with Crippen molar-refractivity contribution in [3.8, 4) is 6.07 Å². The highest BCUT2D eigenvalue weighted by atomic mass is 19.1. The van der Waals surface area contributed by atoms with Crippen LogP contribution < -0.4 is 5.32 Å². The predicted octanol–water partition coefficient (Wildman–Crippen LogP) is 2.37. The Morgan fingerprint density at radius 3 is 2.71 bits per heavy atom. The van der Waals surface area contributed by atoms with Crippen molar-refractivity contribution in [2.24, 2.45) is 0 Å². The van der Waals surface area contributed by atoms with Gasteiger partial charge in [-0.1, -0.05) is 26.8 Å². The summed E-state index contributed by atoms with van der Waals surface area (Å²) in [6.45, 7) is 5.78. The molecule has 0 saturated carbocycles. The molecule has 0 saturated heterocycles. The maximum atomic E-state index is 13.5. The van der Waals surface area contributed by atoms with E-state index in [2.05, 4.69) is 20.5 Å². The number of halogens is 1. The molecule has 1 heterocycles. The van der Waals surface area contributed by atoms with Crippen molar-refractivity contribution >= 4 is 11.6 Å². The van der Waals surface area contributed by atoms with Crippen molar-refractivity contribution < 1.29 is 9.18 Å². The standard InChI is InChI=1S/C14H14FN5O/c1-14(2,3)13-18-11(19-20-13)12(21)17-10-6-4-5-9(15)8(10)7-16/h4-6H,1-3H3,(H,17,21)(H,18,19,20). The second kappa shape index (κ2) is 5.32. The fourth-order valence-electron chi connectivity index (χ4n) is 1.62. The van der Waals surface area contributed by atoms with Gasteiger partial charge in [-0.3, -0.25) is 9.89 Å². The minimum atomic E-state index is -0.694. The molecule has 1 aromatic heterocycles. The molecule has 0 unspecified atom stereocenters. The average molecular weight is 287 g/mol. The summed E-state index contributed by atoms with van der Waals surface area (Å²) in [6, 6.07) is 5.71. The van der Waals surface area contributed by atoms with Crippen LogP contribution in [0.15, 0.2) is 18.2 Å². The van der Waals surface area contributed by atoms with E-state index in [1.54, 1.807) is 6.07 Å². The van der Waals surface area contributed by atoms with Gasteiger partial charge in [-0.05, 0) is 12.1 Å². The summed E-state index contributed by atoms with van der Waals surface area (Å²) < 4.78 is 13.5. The number of hydrogen-bond donors (Lipinski definition) is 2. The van der Waals surface area contributed by atoms with Gasteiger partial charge in [-0.15, -0.1) is 5.10 Å². The molecular weight excluding hydrogens is 273 g/mol. The molecule has 7 heteroatoms. The Morgan fingerprint density at radius 1 is 1.43 bits per heavy atom. The third kappa shape index (κ3) is 3.05. The van der Waals surface area contributed by atoms with Crippen LogP contribution in [0.1, 0.15) is 42.8 Å². The Labute approximate surface area is 121 Å². The fourth-order valence-corrected chi connectivity index (χ4v) is 1.62. The lowest BCUT2D eigenvalue weighted by Gasteiger charge is -2.12. The van der Waals surface area contributed by atoms with Crippen molar-refractivity contribution in [1.29, 1.82) is 5.26 Å². The zero-order valence-corrected chi connectivity index (χ0v) is 11.9. The third-order valence-electron chi connectivity index (χ3n) is 2.77. The summed E-state index contributed by atoms with van der Waals surface area (Å²) in [7, 11) is 0. The topological polar surface area (TPSA) is 94.5 Å². The first-order valence-electron chi connectivity index (χ1n) is 6.26. The molecule has 0 spiro atoms. The average Bonchev–Trinajstić information content (AvgIpc) is 2.88. The highest BCUT2D eigenvalue weighted by Crippen LogP contribution is 2.20. The number of aromatic nitrogens is 3. The zero-order chi connectivity index (χ0) is 15.6. The van der Waals surface area contributed by atoms with E-state index in [0.29, 0.717) is 5.82 Å². The fraction of sp³-hybridized carbons (Fsp3) is 0.286. The van der Waals surface area contributed by atoms with Gasteiger partial charge in [0, 0.05) is 5.41 Å². The smallest absolute Gasteiger partial charge is 0.295 e. The first-order valence-corrected chi connectivity index (χ1v) is 6.26. The second-order valence-corrected chi connectivity index (χ2v) is 5.49. The molecule has 0 bridgehead atoms. The molecule has 6 nitrogen and oxygen atoms in total. The number of aromatic amines is 1. The number of hydrogen-bond acceptors (Lipinski definition) is 4. The van der Waals surface area contributed by atoms with Gasteiger partial charge in [-0.2, -0.15) is 5.26 Å². The van der Waals surface area contributed by atoms with Gasteiger partial charge in [0.15, 0.2) is 0 Å². The van der Waals surface area contributed by atoms with Gasteiger partial charge < -0.3 is 5.32 Å². The molecule has 0 aliphatic rings. The van der Waals surface area contributed by atoms with E-state index in [0.717, 1.165) is 6.07 Å². The van der Waals surface area contributed by atoms with Crippen LogP contribution in [0.2, 0.25) is 0 Å². The molecule has 0 fully saturated rings. The molecule has 2 aromatic rings. The number of amides is 1. The summed E-state index contributed by atoms with van der Waals surface area (Å²) in [5.41, 5.74) is -0.413. The van der Waals surface area contributed by atoms with E-state index < -0.39 is 11.7 Å². The van der Waals surface area contributed by atoms with E-state index in [-0.39, 0.29) is 22.5 Å². The highest BCUT2D eigenvalue weighted by Gasteiger charge is 2.22. The van der Waals surface area contributed by atoms with Crippen LogP contribution in [-0.2, 0) is 5.41 Å². The van der Waals surface area contributed by atoms with Crippen molar-refractivity contribution in [2.75, 3.05) is 5.32 Å².